The number of para-hydroxylation sites is 1. The lowest BCUT2D eigenvalue weighted by Gasteiger charge is -2.27. The lowest BCUT2D eigenvalue weighted by Crippen LogP contribution is -2.35. The van der Waals surface area contributed by atoms with Crippen LogP contribution in [0.15, 0.2) is 60.8 Å². The fourth-order valence-electron chi connectivity index (χ4n) is 3.80. The van der Waals surface area contributed by atoms with Crippen molar-refractivity contribution in [3.63, 3.8) is 0 Å². The molecule has 1 saturated heterocycles. The van der Waals surface area contributed by atoms with Crippen LogP contribution in [0.3, 0.4) is 0 Å². The van der Waals surface area contributed by atoms with E-state index < -0.39 is 0 Å². The Hall–Kier alpha value is -3.12. The van der Waals surface area contributed by atoms with Crippen molar-refractivity contribution in [1.29, 1.82) is 0 Å². The van der Waals surface area contributed by atoms with Gasteiger partial charge in [-0.2, -0.15) is 0 Å². The number of carbonyl (C=O) groups excluding carboxylic acids is 1. The van der Waals surface area contributed by atoms with Gasteiger partial charge >= 0.3 is 0 Å². The van der Waals surface area contributed by atoms with Crippen molar-refractivity contribution in [3.05, 3.63) is 71.5 Å². The van der Waals surface area contributed by atoms with Crippen molar-refractivity contribution in [2.75, 3.05) is 32.1 Å². The van der Waals surface area contributed by atoms with Gasteiger partial charge in [0, 0.05) is 37.4 Å². The highest BCUT2D eigenvalue weighted by Crippen LogP contribution is 2.37. The standard InChI is InChI=1S/C24H25ClN4O2/c1-28(2)24-26-15-20(17-10-12-18(25)13-11-17)23(27-24)21-9-6-14-29(21)22(30)16-31-19-7-4-3-5-8-19/h3-5,7-8,10-13,15,21H,6,9,14,16H2,1-2H3. The maximum atomic E-state index is 13.0. The highest BCUT2D eigenvalue weighted by atomic mass is 35.5. The van der Waals surface area contributed by atoms with Crippen LogP contribution in [0.5, 0.6) is 5.75 Å². The van der Waals surface area contributed by atoms with Gasteiger partial charge in [0.2, 0.25) is 5.95 Å². The molecule has 160 valence electrons. The number of anilines is 1. The van der Waals surface area contributed by atoms with Crippen LogP contribution in [0, 0.1) is 0 Å². The summed E-state index contributed by atoms with van der Waals surface area (Å²) < 4.78 is 5.71. The van der Waals surface area contributed by atoms with E-state index >= 15 is 0 Å². The van der Waals surface area contributed by atoms with Gasteiger partial charge in [0.1, 0.15) is 5.75 Å². The van der Waals surface area contributed by atoms with E-state index in [2.05, 4.69) is 4.98 Å². The number of carbonyl (C=O) groups is 1. The lowest BCUT2D eigenvalue weighted by atomic mass is 10.00. The van der Waals surface area contributed by atoms with Gasteiger partial charge in [-0.05, 0) is 42.7 Å². The molecule has 2 heterocycles. The van der Waals surface area contributed by atoms with Gasteiger partial charge in [0.05, 0.1) is 11.7 Å². The maximum absolute atomic E-state index is 13.0. The van der Waals surface area contributed by atoms with Gasteiger partial charge in [0.15, 0.2) is 6.61 Å². The second kappa shape index (κ2) is 9.35. The number of halogens is 1. The third-order valence-corrected chi connectivity index (χ3v) is 5.61. The molecule has 1 amide bonds. The highest BCUT2D eigenvalue weighted by Gasteiger charge is 2.33. The second-order valence-electron chi connectivity index (χ2n) is 7.72. The van der Waals surface area contributed by atoms with Crippen LogP contribution in [0.4, 0.5) is 5.95 Å². The number of hydrogen-bond donors (Lipinski definition) is 0. The number of aromatic nitrogens is 2. The monoisotopic (exact) mass is 436 g/mol. The number of ether oxygens (including phenoxy) is 1. The minimum absolute atomic E-state index is 0.00239. The van der Waals surface area contributed by atoms with Gasteiger partial charge in [-0.25, -0.2) is 9.97 Å². The normalized spacial score (nSPS) is 15.7. The maximum Gasteiger partial charge on any atom is 0.261 e. The molecule has 0 N–H and O–H groups in total. The molecule has 0 aliphatic carbocycles. The molecule has 6 nitrogen and oxygen atoms in total. The topological polar surface area (TPSA) is 58.6 Å². The Balaban J connectivity index is 1.63. The number of likely N-dealkylation sites (tertiary alicyclic amines) is 1. The van der Waals surface area contributed by atoms with Crippen LogP contribution >= 0.6 is 11.6 Å². The summed E-state index contributed by atoms with van der Waals surface area (Å²) >= 11 is 6.08. The van der Waals surface area contributed by atoms with E-state index in [0.29, 0.717) is 23.3 Å². The van der Waals surface area contributed by atoms with Crippen molar-refractivity contribution < 1.29 is 9.53 Å². The molecule has 0 saturated carbocycles. The lowest BCUT2D eigenvalue weighted by molar-refractivity contribution is -0.134. The van der Waals surface area contributed by atoms with Crippen molar-refractivity contribution in [3.8, 4) is 16.9 Å². The van der Waals surface area contributed by atoms with E-state index in [4.69, 9.17) is 21.3 Å². The van der Waals surface area contributed by atoms with Crippen LogP contribution in [-0.4, -0.2) is 48.0 Å². The molecule has 1 atom stereocenters. The van der Waals surface area contributed by atoms with Crippen LogP contribution in [0.25, 0.3) is 11.1 Å². The van der Waals surface area contributed by atoms with E-state index in [0.717, 1.165) is 29.7 Å². The smallest absolute Gasteiger partial charge is 0.261 e. The molecule has 2 aromatic carbocycles. The van der Waals surface area contributed by atoms with E-state index in [9.17, 15) is 4.79 Å². The molecule has 1 unspecified atom stereocenters. The zero-order valence-corrected chi connectivity index (χ0v) is 18.4. The highest BCUT2D eigenvalue weighted by molar-refractivity contribution is 6.30. The summed E-state index contributed by atoms with van der Waals surface area (Å²) in [6, 6.07) is 16.9. The van der Waals surface area contributed by atoms with E-state index in [-0.39, 0.29) is 18.6 Å². The van der Waals surface area contributed by atoms with Crippen LogP contribution in [-0.2, 0) is 4.79 Å². The summed E-state index contributed by atoms with van der Waals surface area (Å²) in [5.74, 6) is 1.26. The molecule has 0 spiro atoms. The third kappa shape index (κ3) is 4.80. The fraction of sp³-hybridized carbons (Fsp3) is 0.292. The molecular weight excluding hydrogens is 412 g/mol. The van der Waals surface area contributed by atoms with E-state index in [1.165, 1.54) is 0 Å². The predicted molar refractivity (Wildman–Crippen MR) is 122 cm³/mol. The molecule has 0 bridgehead atoms. The summed E-state index contributed by atoms with van der Waals surface area (Å²) in [6.07, 6.45) is 3.60. The molecule has 1 aromatic heterocycles. The Bertz CT molecular complexity index is 1040. The Morgan fingerprint density at radius 1 is 1.16 bits per heavy atom. The first kappa shape index (κ1) is 21.1. The first-order valence-electron chi connectivity index (χ1n) is 10.3. The number of rotatable bonds is 6. The Morgan fingerprint density at radius 3 is 2.61 bits per heavy atom. The van der Waals surface area contributed by atoms with Crippen molar-refractivity contribution in [2.24, 2.45) is 0 Å². The first-order chi connectivity index (χ1) is 15.0. The molecule has 0 radical (unpaired) electrons. The number of hydrogen-bond acceptors (Lipinski definition) is 5. The van der Waals surface area contributed by atoms with Gasteiger partial charge in [-0.3, -0.25) is 4.79 Å². The Morgan fingerprint density at radius 2 is 1.90 bits per heavy atom. The minimum atomic E-state index is -0.126. The summed E-state index contributed by atoms with van der Waals surface area (Å²) in [4.78, 5) is 26.2. The van der Waals surface area contributed by atoms with Gasteiger partial charge in [-0.1, -0.05) is 41.9 Å². The quantitative estimate of drug-likeness (QED) is 0.565. The Labute approximate surface area is 187 Å². The molecule has 7 heteroatoms. The fourth-order valence-corrected chi connectivity index (χ4v) is 3.93. The van der Waals surface area contributed by atoms with Crippen LogP contribution in [0.2, 0.25) is 5.02 Å². The molecule has 1 fully saturated rings. The molecular formula is C24H25ClN4O2. The van der Waals surface area contributed by atoms with Crippen molar-refractivity contribution >= 4 is 23.5 Å². The molecule has 1 aliphatic rings. The average Bonchev–Trinajstić information content (AvgIpc) is 3.28. The van der Waals surface area contributed by atoms with Crippen LogP contribution in [0.1, 0.15) is 24.6 Å². The molecule has 1 aliphatic heterocycles. The SMILES string of the molecule is CN(C)c1ncc(-c2ccc(Cl)cc2)c(C2CCCN2C(=O)COc2ccccc2)n1. The van der Waals surface area contributed by atoms with Gasteiger partial charge in [-0.15, -0.1) is 0 Å². The zero-order valence-electron chi connectivity index (χ0n) is 17.7. The minimum Gasteiger partial charge on any atom is -0.484 e. The van der Waals surface area contributed by atoms with Crippen molar-refractivity contribution in [1.82, 2.24) is 14.9 Å². The summed E-state index contributed by atoms with van der Waals surface area (Å²) in [7, 11) is 3.82. The van der Waals surface area contributed by atoms with Gasteiger partial charge < -0.3 is 14.5 Å². The second-order valence-corrected chi connectivity index (χ2v) is 8.15. The predicted octanol–water partition coefficient (Wildman–Crippen LogP) is 4.61. The van der Waals surface area contributed by atoms with E-state index in [1.807, 2.05) is 84.7 Å². The largest absolute Gasteiger partial charge is 0.484 e. The average molecular weight is 437 g/mol. The summed E-state index contributed by atoms with van der Waals surface area (Å²) in [5, 5.41) is 0.673. The Kier molecular flexibility index (Phi) is 6.37. The molecule has 31 heavy (non-hydrogen) atoms. The first-order valence-corrected chi connectivity index (χ1v) is 10.7. The number of benzene rings is 2. The molecule has 4 rings (SSSR count). The summed E-state index contributed by atoms with van der Waals surface area (Å²) in [5.41, 5.74) is 2.74. The zero-order chi connectivity index (χ0) is 21.8. The van der Waals surface area contributed by atoms with Crippen molar-refractivity contribution in [2.45, 2.75) is 18.9 Å². The number of amides is 1. The van der Waals surface area contributed by atoms with E-state index in [1.54, 1.807) is 0 Å². The van der Waals surface area contributed by atoms with Gasteiger partial charge in [0.25, 0.3) is 5.91 Å². The molecule has 3 aromatic rings. The summed E-state index contributed by atoms with van der Waals surface area (Å²) in [6.45, 7) is 0.686. The third-order valence-electron chi connectivity index (χ3n) is 5.36. The van der Waals surface area contributed by atoms with Crippen LogP contribution < -0.4 is 9.64 Å². The number of nitrogens with zero attached hydrogens (tertiary/aromatic N) is 4.